The van der Waals surface area contributed by atoms with E-state index in [0.717, 1.165) is 57.7 Å². The van der Waals surface area contributed by atoms with Gasteiger partial charge in [0.15, 0.2) is 0 Å². The number of nitrogens with one attached hydrogen (secondary N) is 1. The van der Waals surface area contributed by atoms with E-state index in [0.29, 0.717) is 12.1 Å². The van der Waals surface area contributed by atoms with Crippen LogP contribution in [0.2, 0.25) is 0 Å². The zero-order chi connectivity index (χ0) is 15.1. The lowest BCUT2D eigenvalue weighted by Gasteiger charge is -2.29. The van der Waals surface area contributed by atoms with Crippen molar-refractivity contribution in [2.75, 3.05) is 31.6 Å². The van der Waals surface area contributed by atoms with E-state index in [2.05, 4.69) is 42.3 Å². The van der Waals surface area contributed by atoms with Crippen LogP contribution in [0, 0.1) is 0 Å². The molecule has 0 bridgehead atoms. The van der Waals surface area contributed by atoms with Crippen molar-refractivity contribution in [2.45, 2.75) is 58.7 Å². The van der Waals surface area contributed by atoms with Crippen molar-refractivity contribution in [2.24, 2.45) is 0 Å². The molecular weight excluding hydrogens is 264 g/mol. The normalized spacial score (nSPS) is 22.7. The predicted octanol–water partition coefficient (Wildman–Crippen LogP) is 2.59. The minimum atomic E-state index is 0.411. The molecule has 0 saturated carbocycles. The van der Waals surface area contributed by atoms with Gasteiger partial charge < -0.3 is 15.0 Å². The lowest BCUT2D eigenvalue weighted by molar-refractivity contribution is 0.00925. The minimum Gasteiger partial charge on any atom is -0.380 e. The molecule has 120 valence electrons. The van der Waals surface area contributed by atoms with Gasteiger partial charge in [-0.05, 0) is 32.4 Å². The largest absolute Gasteiger partial charge is 0.380 e. The van der Waals surface area contributed by atoms with Crippen LogP contribution in [0.5, 0.6) is 0 Å². The number of anilines is 1. The summed E-state index contributed by atoms with van der Waals surface area (Å²) in [6.45, 7) is 11.7. The predicted molar refractivity (Wildman–Crippen MR) is 86.7 cm³/mol. The van der Waals surface area contributed by atoms with Gasteiger partial charge in [-0.25, -0.2) is 0 Å². The molecule has 2 heterocycles. The van der Waals surface area contributed by atoms with Gasteiger partial charge in [0.25, 0.3) is 0 Å². The van der Waals surface area contributed by atoms with Crippen LogP contribution in [0.15, 0.2) is 12.4 Å². The number of rotatable bonds is 8. The molecule has 2 atom stereocenters. The molecule has 0 aromatic carbocycles. The van der Waals surface area contributed by atoms with Gasteiger partial charge in [0.05, 0.1) is 24.5 Å². The average Bonchev–Trinajstić information content (AvgIpc) is 2.96. The van der Waals surface area contributed by atoms with Crippen LogP contribution in [0.3, 0.4) is 0 Å². The molecular formula is C16H30N4O. The lowest BCUT2D eigenvalue weighted by Crippen LogP contribution is -2.33. The summed E-state index contributed by atoms with van der Waals surface area (Å²) in [5.74, 6) is 0. The van der Waals surface area contributed by atoms with Crippen molar-refractivity contribution >= 4 is 5.69 Å². The van der Waals surface area contributed by atoms with E-state index in [9.17, 15) is 0 Å². The number of hydrogen-bond acceptors (Lipinski definition) is 4. The van der Waals surface area contributed by atoms with E-state index in [1.54, 1.807) is 0 Å². The van der Waals surface area contributed by atoms with Crippen molar-refractivity contribution in [3.05, 3.63) is 12.4 Å². The Morgan fingerprint density at radius 3 is 2.90 bits per heavy atom. The standard InChI is InChI=1S/C16H30N4O/c1-4-16-11-14(7-10-21-16)18-15-12-17-20(13-15)9-8-19(5-2)6-3/h12-14,16,18H,4-11H2,1-3H3. The van der Waals surface area contributed by atoms with Crippen molar-refractivity contribution < 1.29 is 4.74 Å². The van der Waals surface area contributed by atoms with Crippen LogP contribution in [0.25, 0.3) is 0 Å². The van der Waals surface area contributed by atoms with Gasteiger partial charge >= 0.3 is 0 Å². The first-order chi connectivity index (χ1) is 10.2. The molecule has 1 saturated heterocycles. The molecule has 5 heteroatoms. The van der Waals surface area contributed by atoms with Crippen LogP contribution in [0.1, 0.15) is 40.0 Å². The fourth-order valence-electron chi connectivity index (χ4n) is 2.88. The van der Waals surface area contributed by atoms with Crippen LogP contribution in [0.4, 0.5) is 5.69 Å². The fraction of sp³-hybridized carbons (Fsp3) is 0.812. The van der Waals surface area contributed by atoms with E-state index in [1.165, 1.54) is 0 Å². The molecule has 0 spiro atoms. The third-order valence-electron chi connectivity index (χ3n) is 4.37. The first kappa shape index (κ1) is 16.3. The second-order valence-electron chi connectivity index (χ2n) is 5.79. The smallest absolute Gasteiger partial charge is 0.0728 e. The second kappa shape index (κ2) is 8.39. The summed E-state index contributed by atoms with van der Waals surface area (Å²) in [4.78, 5) is 2.42. The van der Waals surface area contributed by atoms with E-state index >= 15 is 0 Å². The Labute approximate surface area is 128 Å². The first-order valence-electron chi connectivity index (χ1n) is 8.38. The number of ether oxygens (including phenoxy) is 1. The minimum absolute atomic E-state index is 0.411. The van der Waals surface area contributed by atoms with Gasteiger partial charge in [-0.15, -0.1) is 0 Å². The maximum absolute atomic E-state index is 5.72. The molecule has 1 aromatic heterocycles. The van der Waals surface area contributed by atoms with Gasteiger partial charge in [-0.2, -0.15) is 5.10 Å². The molecule has 1 aromatic rings. The fourth-order valence-corrected chi connectivity index (χ4v) is 2.88. The SMILES string of the molecule is CCC1CC(Nc2cnn(CCN(CC)CC)c2)CCO1. The van der Waals surface area contributed by atoms with Crippen molar-refractivity contribution in [1.29, 1.82) is 0 Å². The summed E-state index contributed by atoms with van der Waals surface area (Å²) in [6.07, 6.45) is 7.76. The monoisotopic (exact) mass is 294 g/mol. The number of likely N-dealkylation sites (N-methyl/N-ethyl adjacent to an activating group) is 1. The summed E-state index contributed by atoms with van der Waals surface area (Å²) in [6, 6.07) is 0.518. The van der Waals surface area contributed by atoms with Crippen molar-refractivity contribution in [3.63, 3.8) is 0 Å². The maximum Gasteiger partial charge on any atom is 0.0728 e. The number of nitrogens with zero attached hydrogens (tertiary/aromatic N) is 3. The van der Waals surface area contributed by atoms with E-state index in [1.807, 2.05) is 10.9 Å². The van der Waals surface area contributed by atoms with Crippen LogP contribution in [-0.4, -0.2) is 53.1 Å². The molecule has 1 fully saturated rings. The molecule has 0 radical (unpaired) electrons. The third-order valence-corrected chi connectivity index (χ3v) is 4.37. The Kier molecular flexibility index (Phi) is 6.51. The summed E-state index contributed by atoms with van der Waals surface area (Å²) in [7, 11) is 0. The third kappa shape index (κ3) is 5.00. The molecule has 21 heavy (non-hydrogen) atoms. The molecule has 2 unspecified atom stereocenters. The molecule has 1 aliphatic heterocycles. The van der Waals surface area contributed by atoms with Gasteiger partial charge in [-0.3, -0.25) is 4.68 Å². The van der Waals surface area contributed by atoms with Crippen LogP contribution >= 0.6 is 0 Å². The van der Waals surface area contributed by atoms with Gasteiger partial charge in [0.2, 0.25) is 0 Å². The van der Waals surface area contributed by atoms with Crippen LogP contribution < -0.4 is 5.32 Å². The quantitative estimate of drug-likeness (QED) is 0.800. The highest BCUT2D eigenvalue weighted by Gasteiger charge is 2.21. The van der Waals surface area contributed by atoms with Gasteiger partial charge in [0, 0.05) is 25.4 Å². The van der Waals surface area contributed by atoms with E-state index < -0.39 is 0 Å². The molecule has 0 aliphatic carbocycles. The van der Waals surface area contributed by atoms with Crippen molar-refractivity contribution in [3.8, 4) is 0 Å². The number of aromatic nitrogens is 2. The Balaban J connectivity index is 1.79. The second-order valence-corrected chi connectivity index (χ2v) is 5.79. The highest BCUT2D eigenvalue weighted by Crippen LogP contribution is 2.20. The molecule has 0 amide bonds. The summed E-state index contributed by atoms with van der Waals surface area (Å²) in [5.41, 5.74) is 1.14. The zero-order valence-electron chi connectivity index (χ0n) is 13.7. The van der Waals surface area contributed by atoms with E-state index in [-0.39, 0.29) is 0 Å². The molecule has 5 nitrogen and oxygen atoms in total. The Hall–Kier alpha value is -1.07. The van der Waals surface area contributed by atoms with Gasteiger partial charge in [-0.1, -0.05) is 20.8 Å². The highest BCUT2D eigenvalue weighted by molar-refractivity contribution is 5.39. The summed E-state index contributed by atoms with van der Waals surface area (Å²) in [5, 5.41) is 8.06. The first-order valence-corrected chi connectivity index (χ1v) is 8.38. The molecule has 1 aliphatic rings. The van der Waals surface area contributed by atoms with Crippen LogP contribution in [-0.2, 0) is 11.3 Å². The van der Waals surface area contributed by atoms with Gasteiger partial charge in [0.1, 0.15) is 0 Å². The Bertz CT molecular complexity index is 403. The van der Waals surface area contributed by atoms with Crippen molar-refractivity contribution in [1.82, 2.24) is 14.7 Å². The summed E-state index contributed by atoms with van der Waals surface area (Å²) < 4.78 is 7.76. The van der Waals surface area contributed by atoms with E-state index in [4.69, 9.17) is 4.74 Å². The highest BCUT2D eigenvalue weighted by atomic mass is 16.5. The lowest BCUT2D eigenvalue weighted by atomic mass is 10.0. The maximum atomic E-state index is 5.72. The number of hydrogen-bond donors (Lipinski definition) is 1. The molecule has 2 rings (SSSR count). The average molecular weight is 294 g/mol. The Morgan fingerprint density at radius 1 is 1.38 bits per heavy atom. The Morgan fingerprint density at radius 2 is 2.19 bits per heavy atom. The zero-order valence-corrected chi connectivity index (χ0v) is 13.7. The topological polar surface area (TPSA) is 42.3 Å². The molecule has 1 N–H and O–H groups in total. The summed E-state index contributed by atoms with van der Waals surface area (Å²) >= 11 is 0.